The summed E-state index contributed by atoms with van der Waals surface area (Å²) in [4.78, 5) is 42.0. The fraction of sp³-hybridized carbons (Fsp3) is 0.526. The van der Waals surface area contributed by atoms with E-state index in [9.17, 15) is 19.5 Å². The number of carbonyl (C=O) groups is 3. The second-order valence-corrected chi connectivity index (χ2v) is 8.43. The van der Waals surface area contributed by atoms with Gasteiger partial charge < -0.3 is 20.2 Å². The highest BCUT2D eigenvalue weighted by Gasteiger charge is 2.31. The molecule has 9 heteroatoms. The van der Waals surface area contributed by atoms with Gasteiger partial charge in [-0.05, 0) is 53.8 Å². The van der Waals surface area contributed by atoms with E-state index in [4.69, 9.17) is 0 Å². The Kier molecular flexibility index (Phi) is 6.76. The van der Waals surface area contributed by atoms with Gasteiger partial charge in [0.1, 0.15) is 5.75 Å². The number of nitrogens with zero attached hydrogens (tertiary/aromatic N) is 3. The number of rotatable bonds is 4. The summed E-state index contributed by atoms with van der Waals surface area (Å²) in [5.74, 6) is 0.0646. The molecule has 3 rings (SSSR count). The Morgan fingerprint density at radius 3 is 2.46 bits per heavy atom. The van der Waals surface area contributed by atoms with E-state index in [-0.39, 0.29) is 29.4 Å². The van der Waals surface area contributed by atoms with Crippen molar-refractivity contribution >= 4 is 46.0 Å². The third-order valence-corrected chi connectivity index (χ3v) is 6.16. The smallest absolute Gasteiger partial charge is 0.236 e. The highest BCUT2D eigenvalue weighted by molar-refractivity contribution is 14.1. The number of likely N-dealkylation sites (tertiary alicyclic amines) is 1. The topological polar surface area (TPSA) is 93.2 Å². The van der Waals surface area contributed by atoms with Gasteiger partial charge in [0.2, 0.25) is 17.7 Å². The lowest BCUT2D eigenvalue weighted by molar-refractivity contribution is -0.139. The molecule has 2 N–H and O–H groups in total. The van der Waals surface area contributed by atoms with Crippen LogP contribution in [0.5, 0.6) is 5.75 Å². The fourth-order valence-corrected chi connectivity index (χ4v) is 4.10. The molecule has 2 heterocycles. The molecule has 0 spiro atoms. The van der Waals surface area contributed by atoms with Crippen LogP contribution in [0.25, 0.3) is 0 Å². The summed E-state index contributed by atoms with van der Waals surface area (Å²) in [7, 11) is 0. The number of hydrogen-bond donors (Lipinski definition) is 2. The molecular weight excluding hydrogens is 475 g/mol. The van der Waals surface area contributed by atoms with Crippen LogP contribution in [0.15, 0.2) is 18.2 Å². The number of amides is 3. The van der Waals surface area contributed by atoms with Crippen LogP contribution in [0.3, 0.4) is 0 Å². The van der Waals surface area contributed by atoms with E-state index in [1.807, 2.05) is 27.5 Å². The zero-order valence-corrected chi connectivity index (χ0v) is 18.0. The standard InChI is InChI=1S/C19H25IN4O4/c1-13(25)23-6-8-24(9-7-23)18(27)12-22-5-4-14(11-22)19(28)21-15-2-3-17(26)16(20)10-15/h2-3,10,14,26H,4-9,11-12H2,1H3,(H,21,28)/t14-/m1/s1. The van der Waals surface area contributed by atoms with Gasteiger partial charge in [-0.25, -0.2) is 0 Å². The molecule has 0 unspecified atom stereocenters. The average molecular weight is 500 g/mol. The maximum atomic E-state index is 12.5. The molecule has 1 aromatic rings. The Morgan fingerprint density at radius 2 is 1.82 bits per heavy atom. The second-order valence-electron chi connectivity index (χ2n) is 7.26. The van der Waals surface area contributed by atoms with E-state index >= 15 is 0 Å². The minimum Gasteiger partial charge on any atom is -0.507 e. The number of hydrogen-bond acceptors (Lipinski definition) is 5. The molecule has 1 aromatic carbocycles. The zero-order valence-electron chi connectivity index (χ0n) is 15.9. The van der Waals surface area contributed by atoms with Crippen LogP contribution in [0.4, 0.5) is 5.69 Å². The molecule has 2 aliphatic heterocycles. The molecule has 2 saturated heterocycles. The van der Waals surface area contributed by atoms with Crippen molar-refractivity contribution in [2.75, 3.05) is 51.1 Å². The Bertz CT molecular complexity index is 764. The van der Waals surface area contributed by atoms with Crippen LogP contribution in [0, 0.1) is 9.49 Å². The number of benzene rings is 1. The van der Waals surface area contributed by atoms with Crippen molar-refractivity contribution in [2.24, 2.45) is 5.92 Å². The summed E-state index contributed by atoms with van der Waals surface area (Å²) >= 11 is 2.01. The number of nitrogens with one attached hydrogen (secondary N) is 1. The number of halogens is 1. The molecule has 0 aliphatic carbocycles. The van der Waals surface area contributed by atoms with Crippen LogP contribution >= 0.6 is 22.6 Å². The van der Waals surface area contributed by atoms with Crippen LogP contribution in [0.1, 0.15) is 13.3 Å². The minimum absolute atomic E-state index is 0.0452. The molecule has 0 saturated carbocycles. The van der Waals surface area contributed by atoms with Crippen molar-refractivity contribution in [3.63, 3.8) is 0 Å². The van der Waals surface area contributed by atoms with Crippen molar-refractivity contribution < 1.29 is 19.5 Å². The lowest BCUT2D eigenvalue weighted by Crippen LogP contribution is -2.52. The van der Waals surface area contributed by atoms with Gasteiger partial charge in [0.05, 0.1) is 16.0 Å². The Balaban J connectivity index is 1.45. The second kappa shape index (κ2) is 9.08. The maximum Gasteiger partial charge on any atom is 0.236 e. The third kappa shape index (κ3) is 5.13. The third-order valence-electron chi connectivity index (χ3n) is 5.29. The quantitative estimate of drug-likeness (QED) is 0.475. The fourth-order valence-electron chi connectivity index (χ4n) is 3.58. The van der Waals surface area contributed by atoms with Gasteiger partial charge in [0.25, 0.3) is 0 Å². The molecule has 28 heavy (non-hydrogen) atoms. The van der Waals surface area contributed by atoms with Crippen molar-refractivity contribution in [3.8, 4) is 5.75 Å². The van der Waals surface area contributed by atoms with E-state index in [1.165, 1.54) is 0 Å². The Hall–Kier alpha value is -1.88. The Labute approximate surface area is 178 Å². The molecule has 1 atom stereocenters. The molecule has 3 amide bonds. The molecule has 2 fully saturated rings. The minimum atomic E-state index is -0.158. The van der Waals surface area contributed by atoms with E-state index in [1.54, 1.807) is 34.9 Å². The SMILES string of the molecule is CC(=O)N1CCN(C(=O)CN2CC[C@@H](C(=O)Nc3ccc(O)c(I)c3)C2)CC1. The first-order chi connectivity index (χ1) is 13.3. The van der Waals surface area contributed by atoms with Crippen LogP contribution < -0.4 is 5.32 Å². The van der Waals surface area contributed by atoms with E-state index in [0.29, 0.717) is 61.5 Å². The number of piperazine rings is 1. The van der Waals surface area contributed by atoms with Crippen LogP contribution in [-0.2, 0) is 14.4 Å². The molecule has 8 nitrogen and oxygen atoms in total. The lowest BCUT2D eigenvalue weighted by Gasteiger charge is -2.35. The molecule has 152 valence electrons. The molecule has 0 radical (unpaired) electrons. The number of phenols is 1. The van der Waals surface area contributed by atoms with E-state index < -0.39 is 0 Å². The largest absolute Gasteiger partial charge is 0.507 e. The van der Waals surface area contributed by atoms with Crippen molar-refractivity contribution in [2.45, 2.75) is 13.3 Å². The van der Waals surface area contributed by atoms with Crippen molar-refractivity contribution in [1.82, 2.24) is 14.7 Å². The number of carbonyl (C=O) groups excluding carboxylic acids is 3. The summed E-state index contributed by atoms with van der Waals surface area (Å²) in [6, 6.07) is 4.96. The van der Waals surface area contributed by atoms with Crippen LogP contribution in [-0.4, -0.2) is 83.3 Å². The van der Waals surface area contributed by atoms with Gasteiger partial charge in [-0.1, -0.05) is 0 Å². The normalized spacial score (nSPS) is 20.3. The number of anilines is 1. The van der Waals surface area contributed by atoms with Gasteiger partial charge >= 0.3 is 0 Å². The van der Waals surface area contributed by atoms with Crippen LogP contribution in [0.2, 0.25) is 0 Å². The van der Waals surface area contributed by atoms with E-state index in [0.717, 1.165) is 0 Å². The number of aromatic hydroxyl groups is 1. The van der Waals surface area contributed by atoms with Gasteiger partial charge in [-0.15, -0.1) is 0 Å². The predicted octanol–water partition coefficient (Wildman–Crippen LogP) is 0.948. The molecule has 0 bridgehead atoms. The summed E-state index contributed by atoms with van der Waals surface area (Å²) in [5, 5.41) is 12.5. The summed E-state index contributed by atoms with van der Waals surface area (Å²) in [6.07, 6.45) is 0.715. The monoisotopic (exact) mass is 500 g/mol. The summed E-state index contributed by atoms with van der Waals surface area (Å²) in [5.41, 5.74) is 0.657. The molecule has 0 aromatic heterocycles. The average Bonchev–Trinajstić information content (AvgIpc) is 3.13. The number of phenolic OH excluding ortho intramolecular Hbond substituents is 1. The first-order valence-electron chi connectivity index (χ1n) is 9.38. The molecular formula is C19H25IN4O4. The zero-order chi connectivity index (χ0) is 20.3. The van der Waals surface area contributed by atoms with Gasteiger partial charge in [-0.3, -0.25) is 19.3 Å². The lowest BCUT2D eigenvalue weighted by atomic mass is 10.1. The first-order valence-corrected chi connectivity index (χ1v) is 10.5. The van der Waals surface area contributed by atoms with Gasteiger partial charge in [0.15, 0.2) is 0 Å². The summed E-state index contributed by atoms with van der Waals surface area (Å²) in [6.45, 7) is 5.41. The van der Waals surface area contributed by atoms with Crippen molar-refractivity contribution in [3.05, 3.63) is 21.8 Å². The molecule has 2 aliphatic rings. The maximum absolute atomic E-state index is 12.5. The highest BCUT2D eigenvalue weighted by atomic mass is 127. The van der Waals surface area contributed by atoms with Gasteiger partial charge in [-0.2, -0.15) is 0 Å². The predicted molar refractivity (Wildman–Crippen MR) is 113 cm³/mol. The first kappa shape index (κ1) is 20.8. The Morgan fingerprint density at radius 1 is 1.14 bits per heavy atom. The van der Waals surface area contributed by atoms with Gasteiger partial charge in [0, 0.05) is 45.3 Å². The summed E-state index contributed by atoms with van der Waals surface area (Å²) < 4.78 is 0.680. The van der Waals surface area contributed by atoms with Crippen molar-refractivity contribution in [1.29, 1.82) is 0 Å². The van der Waals surface area contributed by atoms with E-state index in [2.05, 4.69) is 5.32 Å². The highest BCUT2D eigenvalue weighted by Crippen LogP contribution is 2.24.